The summed E-state index contributed by atoms with van der Waals surface area (Å²) >= 11 is 6.32. The molecule has 9 heteroatoms. The average Bonchev–Trinajstić information content (AvgIpc) is 3.01. The lowest BCUT2D eigenvalue weighted by Crippen LogP contribution is -2.50. The van der Waals surface area contributed by atoms with Crippen LogP contribution in [-0.4, -0.2) is 46.8 Å². The molecule has 1 aliphatic heterocycles. The van der Waals surface area contributed by atoms with Crippen molar-refractivity contribution in [2.45, 2.75) is 46.6 Å². The zero-order valence-electron chi connectivity index (χ0n) is 20.0. The first-order valence-corrected chi connectivity index (χ1v) is 11.9. The summed E-state index contributed by atoms with van der Waals surface area (Å²) in [4.78, 5) is 26.5. The highest BCUT2D eigenvalue weighted by molar-refractivity contribution is 6.33. The number of benzene rings is 1. The predicted octanol–water partition coefficient (Wildman–Crippen LogP) is 6.00. The van der Waals surface area contributed by atoms with Crippen molar-refractivity contribution in [3.8, 4) is 5.88 Å². The molecule has 1 amide bonds. The zero-order valence-corrected chi connectivity index (χ0v) is 20.7. The van der Waals surface area contributed by atoms with Gasteiger partial charge in [0.1, 0.15) is 18.2 Å². The fraction of sp³-hybridized carbons (Fsp3) is 0.520. The van der Waals surface area contributed by atoms with E-state index in [0.29, 0.717) is 47.8 Å². The maximum absolute atomic E-state index is 12.6. The van der Waals surface area contributed by atoms with E-state index in [1.165, 1.54) is 6.33 Å². The van der Waals surface area contributed by atoms with Crippen LogP contribution in [0.3, 0.4) is 0 Å². The van der Waals surface area contributed by atoms with E-state index in [2.05, 4.69) is 20.1 Å². The molecule has 180 valence electrons. The Hall–Kier alpha value is -3.05. The van der Waals surface area contributed by atoms with Crippen LogP contribution in [0.1, 0.15) is 39.2 Å². The molecule has 1 N–H and O–H groups in total. The second kappa shape index (κ2) is 9.67. The maximum atomic E-state index is 12.6. The van der Waals surface area contributed by atoms with Crippen LogP contribution in [0.4, 0.5) is 22.0 Å². The molecule has 2 fully saturated rings. The number of nitrogens with zero attached hydrogens (tertiary/aromatic N) is 4. The molecule has 2 aromatic rings. The second-order valence-electron chi connectivity index (χ2n) is 10.3. The van der Waals surface area contributed by atoms with E-state index in [1.807, 2.05) is 32.6 Å². The van der Waals surface area contributed by atoms with Crippen molar-refractivity contribution in [2.24, 2.45) is 17.3 Å². The van der Waals surface area contributed by atoms with Gasteiger partial charge in [-0.2, -0.15) is 0 Å². The fourth-order valence-corrected chi connectivity index (χ4v) is 4.72. The van der Waals surface area contributed by atoms with E-state index in [4.69, 9.17) is 27.6 Å². The molecule has 2 bridgehead atoms. The number of halogens is 1. The average molecular weight is 484 g/mol. The number of hydrogen-bond acceptors (Lipinski definition) is 6. The number of hydrogen-bond donors (Lipinski definition) is 1. The molecule has 4 rings (SSSR count). The van der Waals surface area contributed by atoms with E-state index in [1.54, 1.807) is 18.2 Å². The van der Waals surface area contributed by atoms with Crippen LogP contribution in [0.15, 0.2) is 24.5 Å². The number of piperidine rings is 1. The highest BCUT2D eigenvalue weighted by atomic mass is 35.5. The minimum atomic E-state index is -0.240. The Bertz CT molecular complexity index is 1100. The Morgan fingerprint density at radius 1 is 1.26 bits per heavy atom. The number of rotatable bonds is 5. The molecule has 2 unspecified atom stereocenters. The molecule has 1 saturated heterocycles. The minimum Gasteiger partial charge on any atom is -0.473 e. The first kappa shape index (κ1) is 24.1. The standard InChI is InChI=1S/C25H30ClN5O3/c1-15-22(30-20-9-8-18(27-5)10-19(20)26)28-14-29-23(15)34-21-16-6-7-17(21)12-31(11-16)24(32)33-13-25(2,3)4/h8-10,14,16-17,21H,6-7,11-13H2,1-4H3,(H,28,29,30). The summed E-state index contributed by atoms with van der Waals surface area (Å²) < 4.78 is 11.9. The van der Waals surface area contributed by atoms with Gasteiger partial charge in [0, 0.05) is 24.9 Å². The summed E-state index contributed by atoms with van der Waals surface area (Å²) in [6.45, 7) is 16.8. The van der Waals surface area contributed by atoms with Crippen molar-refractivity contribution in [1.29, 1.82) is 0 Å². The molecule has 2 atom stereocenters. The minimum absolute atomic E-state index is 0.00495. The first-order chi connectivity index (χ1) is 16.1. The fourth-order valence-electron chi connectivity index (χ4n) is 4.49. The summed E-state index contributed by atoms with van der Waals surface area (Å²) in [5, 5.41) is 3.66. The summed E-state index contributed by atoms with van der Waals surface area (Å²) in [5.74, 6) is 1.60. The number of fused-ring (bicyclic) bond motifs is 2. The van der Waals surface area contributed by atoms with Gasteiger partial charge in [0.15, 0.2) is 5.69 Å². The van der Waals surface area contributed by atoms with E-state index >= 15 is 0 Å². The molecule has 2 heterocycles. The number of amides is 1. The van der Waals surface area contributed by atoms with E-state index in [-0.39, 0.29) is 29.4 Å². The number of aromatic nitrogens is 2. The van der Waals surface area contributed by atoms with Gasteiger partial charge in [-0.25, -0.2) is 19.6 Å². The molecule has 1 aromatic heterocycles. The zero-order chi connectivity index (χ0) is 24.5. The van der Waals surface area contributed by atoms with Crippen molar-refractivity contribution < 1.29 is 14.3 Å². The quantitative estimate of drug-likeness (QED) is 0.525. The van der Waals surface area contributed by atoms with Crippen molar-refractivity contribution in [3.05, 3.63) is 46.5 Å². The van der Waals surface area contributed by atoms with Gasteiger partial charge in [0.25, 0.3) is 0 Å². The Labute approximate surface area is 205 Å². The van der Waals surface area contributed by atoms with Gasteiger partial charge < -0.3 is 19.7 Å². The molecule has 8 nitrogen and oxygen atoms in total. The van der Waals surface area contributed by atoms with Gasteiger partial charge >= 0.3 is 6.09 Å². The second-order valence-corrected chi connectivity index (χ2v) is 10.7. The summed E-state index contributed by atoms with van der Waals surface area (Å²) in [6.07, 6.45) is 3.24. The summed E-state index contributed by atoms with van der Waals surface area (Å²) in [5.41, 5.74) is 1.85. The number of likely N-dealkylation sites (tertiary alicyclic amines) is 1. The monoisotopic (exact) mass is 483 g/mol. The number of anilines is 2. The van der Waals surface area contributed by atoms with Crippen molar-refractivity contribution in [1.82, 2.24) is 14.9 Å². The third-order valence-corrected chi connectivity index (χ3v) is 6.57. The van der Waals surface area contributed by atoms with E-state index < -0.39 is 0 Å². The Morgan fingerprint density at radius 3 is 2.59 bits per heavy atom. The van der Waals surface area contributed by atoms with Gasteiger partial charge in [-0.1, -0.05) is 38.4 Å². The molecule has 0 spiro atoms. The van der Waals surface area contributed by atoms with E-state index in [9.17, 15) is 4.79 Å². The van der Waals surface area contributed by atoms with Gasteiger partial charge in [0.2, 0.25) is 5.88 Å². The number of ether oxygens (including phenoxy) is 2. The van der Waals surface area contributed by atoms with Crippen LogP contribution in [0, 0.1) is 30.7 Å². The molecule has 0 radical (unpaired) electrons. The van der Waals surface area contributed by atoms with Crippen LogP contribution in [-0.2, 0) is 4.74 Å². The van der Waals surface area contributed by atoms with Crippen LogP contribution in [0.25, 0.3) is 4.85 Å². The molecule has 1 aliphatic carbocycles. The molecular weight excluding hydrogens is 454 g/mol. The normalized spacial score (nSPS) is 21.6. The van der Waals surface area contributed by atoms with Gasteiger partial charge in [0.05, 0.1) is 29.5 Å². The van der Waals surface area contributed by atoms with Crippen molar-refractivity contribution in [2.75, 3.05) is 25.0 Å². The first-order valence-electron chi connectivity index (χ1n) is 11.5. The molecule has 1 aromatic carbocycles. The highest BCUT2D eigenvalue weighted by Gasteiger charge is 2.45. The number of nitrogens with one attached hydrogen (secondary N) is 1. The third kappa shape index (κ3) is 5.36. The van der Waals surface area contributed by atoms with Gasteiger partial charge in [-0.15, -0.1) is 0 Å². The van der Waals surface area contributed by atoms with Crippen LogP contribution in [0.5, 0.6) is 5.88 Å². The largest absolute Gasteiger partial charge is 0.473 e. The van der Waals surface area contributed by atoms with E-state index in [0.717, 1.165) is 18.4 Å². The Balaban J connectivity index is 1.43. The molecule has 34 heavy (non-hydrogen) atoms. The molecule has 1 saturated carbocycles. The van der Waals surface area contributed by atoms with Crippen LogP contribution in [0.2, 0.25) is 5.02 Å². The smallest absolute Gasteiger partial charge is 0.409 e. The third-order valence-electron chi connectivity index (χ3n) is 6.25. The summed E-state index contributed by atoms with van der Waals surface area (Å²) in [7, 11) is 0. The van der Waals surface area contributed by atoms with Crippen molar-refractivity contribution >= 4 is 34.9 Å². The van der Waals surface area contributed by atoms with Crippen molar-refractivity contribution in [3.63, 3.8) is 0 Å². The number of carbonyl (C=O) groups is 1. The maximum Gasteiger partial charge on any atom is 0.409 e. The Morgan fingerprint density at radius 2 is 1.97 bits per heavy atom. The lowest BCUT2D eigenvalue weighted by atomic mass is 9.95. The van der Waals surface area contributed by atoms with Gasteiger partial charge in [-0.05, 0) is 37.3 Å². The van der Waals surface area contributed by atoms with Gasteiger partial charge in [-0.3, -0.25) is 0 Å². The highest BCUT2D eigenvalue weighted by Crippen LogP contribution is 2.40. The topological polar surface area (TPSA) is 80.9 Å². The predicted molar refractivity (Wildman–Crippen MR) is 131 cm³/mol. The summed E-state index contributed by atoms with van der Waals surface area (Å²) in [6, 6.07) is 5.07. The lowest BCUT2D eigenvalue weighted by molar-refractivity contribution is 0.0150. The molecule has 2 aliphatic rings. The SMILES string of the molecule is [C-]#[N+]c1ccc(Nc2ncnc(OC3C4CCC3CN(C(=O)OCC(C)(C)C)C4)c2C)c(Cl)c1. The Kier molecular flexibility index (Phi) is 6.85. The van der Waals surface area contributed by atoms with Crippen LogP contribution >= 0.6 is 11.6 Å². The molecular formula is C25H30ClN5O3. The van der Waals surface area contributed by atoms with Crippen LogP contribution < -0.4 is 10.1 Å². The lowest BCUT2D eigenvalue weighted by Gasteiger charge is -2.37. The number of carbonyl (C=O) groups excluding carboxylic acids is 1.